The highest BCUT2D eigenvalue weighted by atomic mass is 16.3. The fourth-order valence-electron chi connectivity index (χ4n) is 8.35. The summed E-state index contributed by atoms with van der Waals surface area (Å²) in [7, 11) is 0. The summed E-state index contributed by atoms with van der Waals surface area (Å²) in [5.74, 6) is 3.96. The number of fused-ring (bicyclic) bond motifs is 5. The Hall–Kier alpha value is -0.600. The Morgan fingerprint density at radius 3 is 2.67 bits per heavy atom. The molecule has 4 aliphatic carbocycles. The van der Waals surface area contributed by atoms with Gasteiger partial charge in [-0.3, -0.25) is 0 Å². The van der Waals surface area contributed by atoms with E-state index in [4.69, 9.17) is 0 Å². The van der Waals surface area contributed by atoms with Crippen LogP contribution in [0, 0.1) is 40.4 Å². The number of aliphatic hydroxyl groups excluding tert-OH is 1. The summed E-state index contributed by atoms with van der Waals surface area (Å²) in [4.78, 5) is 0. The average Bonchev–Trinajstić information content (AvgIpc) is 3.01. The molecule has 2 heteroatoms. The molecule has 0 aromatic heterocycles. The van der Waals surface area contributed by atoms with Gasteiger partial charge in [-0.2, -0.15) is 0 Å². The van der Waals surface area contributed by atoms with Crippen molar-refractivity contribution in [2.75, 3.05) is 13.1 Å². The van der Waals surface area contributed by atoms with Crippen LogP contribution >= 0.6 is 0 Å². The molecule has 5 rings (SSSR count). The lowest BCUT2D eigenvalue weighted by Crippen LogP contribution is -2.53. The maximum Gasteiger partial charge on any atom is 0.0577 e. The molecule has 0 bridgehead atoms. The molecule has 0 spiro atoms. The lowest BCUT2D eigenvalue weighted by atomic mass is 9.45. The van der Waals surface area contributed by atoms with Crippen LogP contribution < -0.4 is 5.32 Å². The van der Waals surface area contributed by atoms with Crippen LogP contribution in [0.2, 0.25) is 0 Å². The topological polar surface area (TPSA) is 32.3 Å². The van der Waals surface area contributed by atoms with Crippen LogP contribution in [0.1, 0.15) is 72.1 Å². The average molecular weight is 370 g/mol. The summed E-state index contributed by atoms with van der Waals surface area (Å²) in [6, 6.07) is 0. The van der Waals surface area contributed by atoms with Crippen molar-refractivity contribution >= 4 is 0 Å². The second kappa shape index (κ2) is 6.46. The molecule has 3 unspecified atom stereocenters. The highest BCUT2D eigenvalue weighted by Crippen LogP contribution is 2.66. The summed E-state index contributed by atoms with van der Waals surface area (Å²) in [6.45, 7) is 10.1. The van der Waals surface area contributed by atoms with Gasteiger partial charge in [-0.15, -0.1) is 0 Å². The van der Waals surface area contributed by atoms with E-state index in [1.807, 2.05) is 5.57 Å². The van der Waals surface area contributed by atoms with E-state index in [0.29, 0.717) is 16.7 Å². The van der Waals surface area contributed by atoms with Gasteiger partial charge in [-0.05, 0) is 98.3 Å². The first-order valence-electron chi connectivity index (χ1n) is 11.7. The second-order valence-corrected chi connectivity index (χ2v) is 11.1. The predicted octanol–water partition coefficient (Wildman–Crippen LogP) is 5.09. The number of allylic oxidation sites excluding steroid dienone is 2. The van der Waals surface area contributed by atoms with Crippen molar-refractivity contribution in [3.05, 3.63) is 23.3 Å². The van der Waals surface area contributed by atoms with Crippen molar-refractivity contribution in [3.8, 4) is 0 Å². The number of hydrogen-bond donors (Lipinski definition) is 2. The Bertz CT molecular complexity index is 659. The lowest BCUT2D eigenvalue weighted by Gasteiger charge is -2.60. The number of aliphatic hydroxyl groups is 1. The Morgan fingerprint density at radius 1 is 1.07 bits per heavy atom. The van der Waals surface area contributed by atoms with Gasteiger partial charge < -0.3 is 10.4 Å². The monoisotopic (exact) mass is 369 g/mol. The summed E-state index contributed by atoms with van der Waals surface area (Å²) >= 11 is 0. The fraction of sp³-hybridized carbons (Fsp3) is 0.840. The Morgan fingerprint density at radius 2 is 1.89 bits per heavy atom. The normalized spacial score (nSPS) is 52.3. The third-order valence-corrected chi connectivity index (χ3v) is 9.79. The second-order valence-electron chi connectivity index (χ2n) is 11.1. The molecule has 2 N–H and O–H groups in total. The summed E-state index contributed by atoms with van der Waals surface area (Å²) < 4.78 is 0. The van der Waals surface area contributed by atoms with Gasteiger partial charge in [-0.1, -0.05) is 44.1 Å². The minimum absolute atomic E-state index is 0.0968. The molecule has 3 fully saturated rings. The van der Waals surface area contributed by atoms with E-state index in [9.17, 15) is 5.11 Å². The summed E-state index contributed by atoms with van der Waals surface area (Å²) in [5, 5.41) is 13.9. The Labute approximate surface area is 165 Å². The smallest absolute Gasteiger partial charge is 0.0577 e. The van der Waals surface area contributed by atoms with E-state index in [0.717, 1.165) is 36.5 Å². The fourth-order valence-corrected chi connectivity index (χ4v) is 8.35. The summed E-state index contributed by atoms with van der Waals surface area (Å²) in [6.07, 6.45) is 15.2. The van der Waals surface area contributed by atoms with Gasteiger partial charge in [0, 0.05) is 6.54 Å². The SMILES string of the molecule is CC1C=C2CC(O)CC[C@]2(C)[C@H]2CC[C@]3(C)C(C4CCCNC4)=CC[C@H]3[C@H]12. The highest BCUT2D eigenvalue weighted by molar-refractivity contribution is 5.32. The largest absolute Gasteiger partial charge is 0.393 e. The van der Waals surface area contributed by atoms with E-state index in [-0.39, 0.29) is 6.10 Å². The first-order chi connectivity index (χ1) is 12.9. The first kappa shape index (κ1) is 18.4. The first-order valence-corrected chi connectivity index (χ1v) is 11.7. The van der Waals surface area contributed by atoms with Gasteiger partial charge in [0.2, 0.25) is 0 Å². The van der Waals surface area contributed by atoms with Crippen LogP contribution in [-0.4, -0.2) is 24.3 Å². The van der Waals surface area contributed by atoms with Crippen LogP contribution in [-0.2, 0) is 0 Å². The third kappa shape index (κ3) is 2.65. The van der Waals surface area contributed by atoms with Crippen molar-refractivity contribution in [3.63, 3.8) is 0 Å². The van der Waals surface area contributed by atoms with Crippen LogP contribution in [0.5, 0.6) is 0 Å². The maximum absolute atomic E-state index is 10.3. The van der Waals surface area contributed by atoms with Gasteiger partial charge in [-0.25, -0.2) is 0 Å². The standard InChI is InChI=1S/C25H39NO/c1-16-13-18-14-19(27)8-10-24(18,2)22-9-11-25(3)20(6-7-21(25)23(16)22)17-5-4-12-26-15-17/h6,13,16-17,19,21-23,26-27H,4-5,7-12,14-15H2,1-3H3/t16?,17?,19?,21-,22-,23-,24-,25+/m0/s1. The highest BCUT2D eigenvalue weighted by Gasteiger charge is 2.58. The number of rotatable bonds is 1. The van der Waals surface area contributed by atoms with E-state index < -0.39 is 0 Å². The number of hydrogen-bond acceptors (Lipinski definition) is 2. The molecule has 0 aromatic rings. The zero-order valence-corrected chi connectivity index (χ0v) is 17.6. The van der Waals surface area contributed by atoms with Crippen molar-refractivity contribution in [2.45, 2.75) is 78.2 Å². The molecule has 1 saturated heterocycles. The molecular weight excluding hydrogens is 330 g/mol. The minimum atomic E-state index is -0.0968. The maximum atomic E-state index is 10.3. The number of nitrogens with one attached hydrogen (secondary N) is 1. The Kier molecular flexibility index (Phi) is 4.41. The van der Waals surface area contributed by atoms with Crippen LogP contribution in [0.4, 0.5) is 0 Å². The molecule has 2 saturated carbocycles. The Balaban J connectivity index is 1.46. The molecule has 1 heterocycles. The molecule has 5 aliphatic rings. The van der Waals surface area contributed by atoms with Gasteiger partial charge in [0.05, 0.1) is 6.10 Å². The van der Waals surface area contributed by atoms with Gasteiger partial charge >= 0.3 is 0 Å². The molecule has 0 aromatic carbocycles. The zero-order chi connectivity index (χ0) is 18.8. The van der Waals surface area contributed by atoms with E-state index >= 15 is 0 Å². The lowest BCUT2D eigenvalue weighted by molar-refractivity contribution is -0.0502. The minimum Gasteiger partial charge on any atom is -0.393 e. The zero-order valence-electron chi connectivity index (χ0n) is 17.6. The van der Waals surface area contributed by atoms with E-state index in [2.05, 4.69) is 38.2 Å². The van der Waals surface area contributed by atoms with Crippen molar-refractivity contribution < 1.29 is 5.11 Å². The van der Waals surface area contributed by atoms with Crippen LogP contribution in [0.3, 0.4) is 0 Å². The molecule has 27 heavy (non-hydrogen) atoms. The quantitative estimate of drug-likeness (QED) is 0.631. The molecule has 150 valence electrons. The van der Waals surface area contributed by atoms with Crippen LogP contribution in [0.15, 0.2) is 23.3 Å². The van der Waals surface area contributed by atoms with Gasteiger partial charge in [0.1, 0.15) is 0 Å². The van der Waals surface area contributed by atoms with Gasteiger partial charge in [0.15, 0.2) is 0 Å². The molecule has 2 nitrogen and oxygen atoms in total. The van der Waals surface area contributed by atoms with Gasteiger partial charge in [0.25, 0.3) is 0 Å². The molecule has 1 aliphatic heterocycles. The predicted molar refractivity (Wildman–Crippen MR) is 111 cm³/mol. The van der Waals surface area contributed by atoms with Crippen molar-refractivity contribution in [2.24, 2.45) is 40.4 Å². The molecule has 0 amide bonds. The van der Waals surface area contributed by atoms with E-state index in [1.54, 1.807) is 5.57 Å². The molecule has 0 radical (unpaired) electrons. The summed E-state index contributed by atoms with van der Waals surface area (Å²) in [5.41, 5.74) is 4.22. The van der Waals surface area contributed by atoms with E-state index in [1.165, 1.54) is 51.6 Å². The van der Waals surface area contributed by atoms with Crippen LogP contribution in [0.25, 0.3) is 0 Å². The third-order valence-electron chi connectivity index (χ3n) is 9.79. The van der Waals surface area contributed by atoms with Crippen molar-refractivity contribution in [1.82, 2.24) is 5.32 Å². The van der Waals surface area contributed by atoms with Crippen molar-refractivity contribution in [1.29, 1.82) is 0 Å². The molecule has 8 atom stereocenters. The molecular formula is C25H39NO. The number of piperidine rings is 1.